The second kappa shape index (κ2) is 5.50. The van der Waals surface area contributed by atoms with Crippen molar-refractivity contribution >= 4 is 5.91 Å². The summed E-state index contributed by atoms with van der Waals surface area (Å²) < 4.78 is 0. The van der Waals surface area contributed by atoms with E-state index in [0.717, 1.165) is 25.8 Å². The number of nitrogens with one attached hydrogen (secondary N) is 1. The normalized spacial score (nSPS) is 24.7. The molecule has 3 heteroatoms. The fourth-order valence-electron chi connectivity index (χ4n) is 2.11. The molecule has 0 aromatic heterocycles. The Morgan fingerprint density at radius 2 is 2.13 bits per heavy atom. The standard InChI is InChI=1S/C12H24N2O/c1-5-10(4)14-8-6-7-11(12(14)15)13-9(2)3/h9-11,13H,5-8H2,1-4H3. The molecule has 0 aromatic carbocycles. The summed E-state index contributed by atoms with van der Waals surface area (Å²) in [6.07, 6.45) is 3.16. The molecule has 1 N–H and O–H groups in total. The Bertz CT molecular complexity index is 216. The summed E-state index contributed by atoms with van der Waals surface area (Å²) in [5, 5.41) is 3.35. The molecule has 1 saturated heterocycles. The summed E-state index contributed by atoms with van der Waals surface area (Å²) in [6.45, 7) is 9.39. The molecule has 0 saturated carbocycles. The van der Waals surface area contributed by atoms with E-state index in [1.807, 2.05) is 4.90 Å². The summed E-state index contributed by atoms with van der Waals surface area (Å²) in [6, 6.07) is 0.817. The van der Waals surface area contributed by atoms with Crippen LogP contribution in [-0.2, 0) is 4.79 Å². The predicted octanol–water partition coefficient (Wildman–Crippen LogP) is 1.77. The highest BCUT2D eigenvalue weighted by Crippen LogP contribution is 2.16. The van der Waals surface area contributed by atoms with Gasteiger partial charge in [-0.25, -0.2) is 0 Å². The average Bonchev–Trinajstić information content (AvgIpc) is 2.19. The summed E-state index contributed by atoms with van der Waals surface area (Å²) in [4.78, 5) is 14.2. The van der Waals surface area contributed by atoms with E-state index in [1.54, 1.807) is 0 Å². The Labute approximate surface area is 93.2 Å². The monoisotopic (exact) mass is 212 g/mol. The van der Waals surface area contributed by atoms with Crippen molar-refractivity contribution in [3.8, 4) is 0 Å². The van der Waals surface area contributed by atoms with E-state index < -0.39 is 0 Å². The molecule has 1 amide bonds. The molecular formula is C12H24N2O. The highest BCUT2D eigenvalue weighted by Gasteiger charge is 2.30. The van der Waals surface area contributed by atoms with Crippen LogP contribution in [0, 0.1) is 0 Å². The molecule has 0 aromatic rings. The molecule has 88 valence electrons. The Balaban J connectivity index is 2.58. The van der Waals surface area contributed by atoms with Crippen LogP contribution in [0.5, 0.6) is 0 Å². The van der Waals surface area contributed by atoms with Gasteiger partial charge in [-0.1, -0.05) is 20.8 Å². The number of amides is 1. The van der Waals surface area contributed by atoms with E-state index in [-0.39, 0.29) is 6.04 Å². The highest BCUT2D eigenvalue weighted by atomic mass is 16.2. The molecule has 0 spiro atoms. The summed E-state index contributed by atoms with van der Waals surface area (Å²) in [5.41, 5.74) is 0. The van der Waals surface area contributed by atoms with Crippen molar-refractivity contribution in [1.29, 1.82) is 0 Å². The topological polar surface area (TPSA) is 32.3 Å². The summed E-state index contributed by atoms with van der Waals surface area (Å²) in [5.74, 6) is 0.296. The number of rotatable bonds is 4. The maximum atomic E-state index is 12.1. The lowest BCUT2D eigenvalue weighted by Gasteiger charge is -2.37. The summed E-state index contributed by atoms with van der Waals surface area (Å²) >= 11 is 0. The van der Waals surface area contributed by atoms with Gasteiger partial charge in [-0.15, -0.1) is 0 Å². The maximum Gasteiger partial charge on any atom is 0.239 e. The number of nitrogens with zero attached hydrogens (tertiary/aromatic N) is 1. The van der Waals surface area contributed by atoms with E-state index in [4.69, 9.17) is 0 Å². The molecule has 1 aliphatic rings. The zero-order chi connectivity index (χ0) is 11.4. The first-order valence-electron chi connectivity index (χ1n) is 6.12. The van der Waals surface area contributed by atoms with E-state index in [2.05, 4.69) is 33.0 Å². The largest absolute Gasteiger partial charge is 0.339 e. The van der Waals surface area contributed by atoms with E-state index >= 15 is 0 Å². The molecule has 1 aliphatic heterocycles. The zero-order valence-electron chi connectivity index (χ0n) is 10.4. The number of hydrogen-bond donors (Lipinski definition) is 1. The van der Waals surface area contributed by atoms with E-state index in [0.29, 0.717) is 18.0 Å². The van der Waals surface area contributed by atoms with Crippen molar-refractivity contribution in [2.75, 3.05) is 6.54 Å². The smallest absolute Gasteiger partial charge is 0.239 e. The van der Waals surface area contributed by atoms with Crippen molar-refractivity contribution in [3.63, 3.8) is 0 Å². The molecule has 1 rings (SSSR count). The molecule has 1 fully saturated rings. The lowest BCUT2D eigenvalue weighted by atomic mass is 10.0. The van der Waals surface area contributed by atoms with Gasteiger partial charge >= 0.3 is 0 Å². The second-order valence-electron chi connectivity index (χ2n) is 4.81. The van der Waals surface area contributed by atoms with Crippen molar-refractivity contribution in [1.82, 2.24) is 10.2 Å². The molecule has 0 aliphatic carbocycles. The van der Waals surface area contributed by atoms with Gasteiger partial charge in [0.15, 0.2) is 0 Å². The SMILES string of the molecule is CCC(C)N1CCCC(NC(C)C)C1=O. The molecule has 2 atom stereocenters. The second-order valence-corrected chi connectivity index (χ2v) is 4.81. The van der Waals surface area contributed by atoms with Gasteiger partial charge in [0, 0.05) is 18.6 Å². The molecule has 15 heavy (non-hydrogen) atoms. The Morgan fingerprint density at radius 1 is 1.47 bits per heavy atom. The fourth-order valence-corrected chi connectivity index (χ4v) is 2.11. The van der Waals surface area contributed by atoms with Crippen molar-refractivity contribution in [2.45, 2.75) is 65.1 Å². The van der Waals surface area contributed by atoms with Gasteiger partial charge in [0.25, 0.3) is 0 Å². The van der Waals surface area contributed by atoms with Crippen molar-refractivity contribution in [3.05, 3.63) is 0 Å². The quantitative estimate of drug-likeness (QED) is 0.770. The highest BCUT2D eigenvalue weighted by molar-refractivity contribution is 5.82. The minimum Gasteiger partial charge on any atom is -0.339 e. The van der Waals surface area contributed by atoms with Gasteiger partial charge in [-0.3, -0.25) is 4.79 Å². The van der Waals surface area contributed by atoms with Gasteiger partial charge in [0.2, 0.25) is 5.91 Å². The third kappa shape index (κ3) is 3.20. The minimum atomic E-state index is 0.0488. The third-order valence-electron chi connectivity index (χ3n) is 3.13. The fraction of sp³-hybridized carbons (Fsp3) is 0.917. The van der Waals surface area contributed by atoms with Gasteiger partial charge in [0.05, 0.1) is 6.04 Å². The van der Waals surface area contributed by atoms with Gasteiger partial charge in [-0.2, -0.15) is 0 Å². The van der Waals surface area contributed by atoms with Crippen LogP contribution in [0.4, 0.5) is 0 Å². The molecular weight excluding hydrogens is 188 g/mol. The molecule has 3 nitrogen and oxygen atoms in total. The van der Waals surface area contributed by atoms with Crippen LogP contribution < -0.4 is 5.32 Å². The number of piperidine rings is 1. The predicted molar refractivity (Wildman–Crippen MR) is 62.8 cm³/mol. The van der Waals surface area contributed by atoms with E-state index in [9.17, 15) is 4.79 Å². The molecule has 2 unspecified atom stereocenters. The van der Waals surface area contributed by atoms with Crippen LogP contribution in [0.25, 0.3) is 0 Å². The molecule has 0 radical (unpaired) electrons. The maximum absolute atomic E-state index is 12.1. The Morgan fingerprint density at radius 3 is 2.67 bits per heavy atom. The van der Waals surface area contributed by atoms with Crippen LogP contribution in [0.2, 0.25) is 0 Å². The number of carbonyl (C=O) groups excluding carboxylic acids is 1. The first-order chi connectivity index (χ1) is 7.06. The van der Waals surface area contributed by atoms with Crippen LogP contribution >= 0.6 is 0 Å². The van der Waals surface area contributed by atoms with Gasteiger partial charge in [0.1, 0.15) is 0 Å². The average molecular weight is 212 g/mol. The van der Waals surface area contributed by atoms with Gasteiger partial charge < -0.3 is 10.2 Å². The lowest BCUT2D eigenvalue weighted by molar-refractivity contribution is -0.138. The number of hydrogen-bond acceptors (Lipinski definition) is 2. The Kier molecular flexibility index (Phi) is 4.58. The van der Waals surface area contributed by atoms with Crippen LogP contribution in [0.3, 0.4) is 0 Å². The first-order valence-corrected chi connectivity index (χ1v) is 6.12. The molecule has 1 heterocycles. The van der Waals surface area contributed by atoms with Crippen molar-refractivity contribution in [2.24, 2.45) is 0 Å². The summed E-state index contributed by atoms with van der Waals surface area (Å²) in [7, 11) is 0. The van der Waals surface area contributed by atoms with Crippen molar-refractivity contribution < 1.29 is 4.79 Å². The zero-order valence-corrected chi connectivity index (χ0v) is 10.4. The third-order valence-corrected chi connectivity index (χ3v) is 3.13. The van der Waals surface area contributed by atoms with Crippen LogP contribution in [-0.4, -0.2) is 35.5 Å². The molecule has 0 bridgehead atoms. The lowest BCUT2D eigenvalue weighted by Crippen LogP contribution is -2.54. The first kappa shape index (κ1) is 12.5. The number of likely N-dealkylation sites (tertiary alicyclic amines) is 1. The Hall–Kier alpha value is -0.570. The number of carbonyl (C=O) groups is 1. The minimum absolute atomic E-state index is 0.0488. The van der Waals surface area contributed by atoms with E-state index in [1.165, 1.54) is 0 Å². The van der Waals surface area contributed by atoms with Crippen LogP contribution in [0.1, 0.15) is 47.0 Å². The van der Waals surface area contributed by atoms with Gasteiger partial charge in [-0.05, 0) is 26.2 Å². The van der Waals surface area contributed by atoms with Crippen LogP contribution in [0.15, 0.2) is 0 Å².